The summed E-state index contributed by atoms with van der Waals surface area (Å²) in [5.41, 5.74) is 1.41. The van der Waals surface area contributed by atoms with Crippen molar-refractivity contribution in [3.8, 4) is 11.5 Å². The number of carbonyl (C=O) groups excluding carboxylic acids is 1. The van der Waals surface area contributed by atoms with Crippen LogP contribution in [-0.4, -0.2) is 40.2 Å². The highest BCUT2D eigenvalue weighted by Gasteiger charge is 2.30. The molecule has 0 bridgehead atoms. The van der Waals surface area contributed by atoms with Crippen molar-refractivity contribution >= 4 is 17.3 Å². The van der Waals surface area contributed by atoms with Gasteiger partial charge in [-0.3, -0.25) is 4.79 Å². The van der Waals surface area contributed by atoms with E-state index >= 15 is 0 Å². The number of fused-ring (bicyclic) bond motifs is 2. The van der Waals surface area contributed by atoms with E-state index in [0.29, 0.717) is 29.2 Å². The second-order valence-electron chi connectivity index (χ2n) is 7.07. The van der Waals surface area contributed by atoms with E-state index in [1.807, 2.05) is 4.90 Å². The zero-order chi connectivity index (χ0) is 20.7. The Morgan fingerprint density at radius 1 is 1.10 bits per heavy atom. The number of hydrogen-bond donors (Lipinski definition) is 1. The van der Waals surface area contributed by atoms with E-state index in [2.05, 4.69) is 15.5 Å². The number of rotatable bonds is 4. The van der Waals surface area contributed by atoms with Crippen LogP contribution in [0.15, 0.2) is 42.7 Å². The molecule has 0 spiro atoms. The summed E-state index contributed by atoms with van der Waals surface area (Å²) >= 11 is 0. The Labute approximate surface area is 170 Å². The molecule has 5 rings (SSSR count). The lowest BCUT2D eigenvalue weighted by Crippen LogP contribution is -2.45. The Kier molecular flexibility index (Phi) is 4.46. The number of aromatic nitrogens is 3. The Morgan fingerprint density at radius 2 is 1.93 bits per heavy atom. The molecule has 30 heavy (non-hydrogen) atoms. The van der Waals surface area contributed by atoms with Gasteiger partial charge in [0.15, 0.2) is 6.61 Å². The molecule has 3 aromatic rings. The topological polar surface area (TPSA) is 81.5 Å². The molecule has 1 N–H and O–H groups in total. The number of nitrogens with zero attached hydrogens (tertiary/aromatic N) is 4. The average Bonchev–Trinajstić information content (AvgIpc) is 3.23. The molecule has 3 heterocycles. The van der Waals surface area contributed by atoms with Crippen LogP contribution in [0.3, 0.4) is 0 Å². The van der Waals surface area contributed by atoms with Gasteiger partial charge in [-0.25, -0.2) is 8.78 Å². The summed E-state index contributed by atoms with van der Waals surface area (Å²) < 4.78 is 39.6. The van der Waals surface area contributed by atoms with Crippen molar-refractivity contribution < 1.29 is 23.0 Å². The maximum Gasteiger partial charge on any atom is 0.262 e. The van der Waals surface area contributed by atoms with Crippen molar-refractivity contribution in [1.82, 2.24) is 15.0 Å². The second-order valence-corrected chi connectivity index (χ2v) is 7.07. The molecule has 0 fully saturated rings. The van der Waals surface area contributed by atoms with Gasteiger partial charge in [-0.1, -0.05) is 0 Å². The number of ether oxygens (including phenoxy) is 2. The molecule has 1 amide bonds. The minimum Gasteiger partial charge on any atom is -0.489 e. The van der Waals surface area contributed by atoms with Crippen molar-refractivity contribution in [1.29, 1.82) is 0 Å². The first-order chi connectivity index (χ1) is 14.6. The van der Waals surface area contributed by atoms with Gasteiger partial charge in [0.25, 0.3) is 5.91 Å². The maximum atomic E-state index is 14.8. The molecule has 0 saturated carbocycles. The Balaban J connectivity index is 1.51. The third-order valence-electron chi connectivity index (χ3n) is 5.07. The third-order valence-corrected chi connectivity index (χ3v) is 5.07. The number of amides is 1. The third kappa shape index (κ3) is 3.40. The summed E-state index contributed by atoms with van der Waals surface area (Å²) in [7, 11) is 0. The standard InChI is InChI=1S/C20H17F2N5O3/c21-13-1-2-17-19(6-13)29-10-14(9-27-23-3-4-24-27)26(17)8-12-5-16-18(7-15(12)22)30-11-20(28)25-16/h1-7,14H,8-11H2,(H,25,28)/t14-/m1/s1. The first-order valence-corrected chi connectivity index (χ1v) is 9.35. The van der Waals surface area contributed by atoms with Gasteiger partial charge < -0.3 is 19.7 Å². The molecule has 0 unspecified atom stereocenters. The zero-order valence-corrected chi connectivity index (χ0v) is 15.7. The first kappa shape index (κ1) is 18.3. The average molecular weight is 413 g/mol. The highest BCUT2D eigenvalue weighted by molar-refractivity contribution is 5.95. The van der Waals surface area contributed by atoms with Crippen molar-refractivity contribution in [3.63, 3.8) is 0 Å². The van der Waals surface area contributed by atoms with Gasteiger partial charge in [0.05, 0.1) is 36.4 Å². The maximum absolute atomic E-state index is 14.8. The van der Waals surface area contributed by atoms with Gasteiger partial charge in [0.2, 0.25) is 0 Å². The summed E-state index contributed by atoms with van der Waals surface area (Å²) in [6.07, 6.45) is 3.15. The molecule has 2 aliphatic heterocycles. The second kappa shape index (κ2) is 7.29. The summed E-state index contributed by atoms with van der Waals surface area (Å²) in [6, 6.07) is 6.85. The highest BCUT2D eigenvalue weighted by atomic mass is 19.1. The minimum absolute atomic E-state index is 0.146. The van der Waals surface area contributed by atoms with Crippen LogP contribution in [0.2, 0.25) is 0 Å². The normalized spacial score (nSPS) is 17.5. The van der Waals surface area contributed by atoms with Crippen LogP contribution in [0, 0.1) is 11.6 Å². The van der Waals surface area contributed by atoms with E-state index in [4.69, 9.17) is 9.47 Å². The fraction of sp³-hybridized carbons (Fsp3) is 0.250. The van der Waals surface area contributed by atoms with E-state index in [-0.39, 0.29) is 37.5 Å². The molecule has 0 saturated heterocycles. The van der Waals surface area contributed by atoms with Gasteiger partial charge >= 0.3 is 0 Å². The van der Waals surface area contributed by atoms with Crippen molar-refractivity contribution in [2.45, 2.75) is 19.1 Å². The lowest BCUT2D eigenvalue weighted by atomic mass is 10.1. The summed E-state index contributed by atoms with van der Waals surface area (Å²) in [6.45, 7) is 0.677. The number of nitrogens with one attached hydrogen (secondary N) is 1. The highest BCUT2D eigenvalue weighted by Crippen LogP contribution is 2.37. The van der Waals surface area contributed by atoms with Crippen LogP contribution in [-0.2, 0) is 17.9 Å². The number of carbonyl (C=O) groups is 1. The number of anilines is 2. The first-order valence-electron chi connectivity index (χ1n) is 9.35. The monoisotopic (exact) mass is 413 g/mol. The molecule has 1 atom stereocenters. The molecule has 2 aliphatic rings. The Bertz CT molecular complexity index is 1110. The van der Waals surface area contributed by atoms with E-state index in [1.54, 1.807) is 24.5 Å². The van der Waals surface area contributed by atoms with Crippen molar-refractivity contribution in [3.05, 3.63) is 59.9 Å². The SMILES string of the molecule is O=C1COc2cc(F)c(CN3c4ccc(F)cc4OC[C@H]3Cn3nccn3)cc2N1. The fourth-order valence-electron chi connectivity index (χ4n) is 3.66. The quantitative estimate of drug-likeness (QED) is 0.707. The molecular weight excluding hydrogens is 396 g/mol. The molecule has 0 aliphatic carbocycles. The fourth-order valence-corrected chi connectivity index (χ4v) is 3.66. The van der Waals surface area contributed by atoms with Crippen LogP contribution in [0.1, 0.15) is 5.56 Å². The minimum atomic E-state index is -0.462. The molecule has 0 radical (unpaired) electrons. The van der Waals surface area contributed by atoms with Crippen LogP contribution in [0.4, 0.5) is 20.2 Å². The summed E-state index contributed by atoms with van der Waals surface area (Å²) in [5, 5.41) is 11.0. The van der Waals surface area contributed by atoms with Gasteiger partial charge in [-0.05, 0) is 18.2 Å². The molecule has 2 aromatic carbocycles. The van der Waals surface area contributed by atoms with Gasteiger partial charge in [0, 0.05) is 24.2 Å². The lowest BCUT2D eigenvalue weighted by molar-refractivity contribution is -0.118. The van der Waals surface area contributed by atoms with Crippen LogP contribution < -0.4 is 19.7 Å². The summed E-state index contributed by atoms with van der Waals surface area (Å²) in [5.74, 6) is -0.501. The van der Waals surface area contributed by atoms with Gasteiger partial charge in [0.1, 0.15) is 29.7 Å². The largest absolute Gasteiger partial charge is 0.489 e. The number of benzene rings is 2. The molecule has 10 heteroatoms. The molecule has 154 valence electrons. The summed E-state index contributed by atoms with van der Waals surface area (Å²) in [4.78, 5) is 15.1. The van der Waals surface area contributed by atoms with E-state index in [9.17, 15) is 13.6 Å². The van der Waals surface area contributed by atoms with Crippen LogP contribution in [0.5, 0.6) is 11.5 Å². The van der Waals surface area contributed by atoms with Crippen LogP contribution in [0.25, 0.3) is 0 Å². The van der Waals surface area contributed by atoms with Gasteiger partial charge in [-0.2, -0.15) is 15.0 Å². The van der Waals surface area contributed by atoms with Crippen molar-refractivity contribution in [2.75, 3.05) is 23.4 Å². The molecule has 8 nitrogen and oxygen atoms in total. The zero-order valence-electron chi connectivity index (χ0n) is 15.7. The molecular formula is C20H17F2N5O3. The van der Waals surface area contributed by atoms with E-state index in [1.165, 1.54) is 23.0 Å². The van der Waals surface area contributed by atoms with Gasteiger partial charge in [-0.15, -0.1) is 0 Å². The Morgan fingerprint density at radius 3 is 2.77 bits per heavy atom. The predicted molar refractivity (Wildman–Crippen MR) is 102 cm³/mol. The molecule has 1 aromatic heterocycles. The van der Waals surface area contributed by atoms with Crippen LogP contribution >= 0.6 is 0 Å². The number of hydrogen-bond acceptors (Lipinski definition) is 6. The van der Waals surface area contributed by atoms with Crippen molar-refractivity contribution in [2.24, 2.45) is 0 Å². The van der Waals surface area contributed by atoms with E-state index in [0.717, 1.165) is 0 Å². The number of halogens is 2. The Hall–Kier alpha value is -3.69. The lowest BCUT2D eigenvalue weighted by Gasteiger charge is -2.38. The van der Waals surface area contributed by atoms with E-state index < -0.39 is 11.6 Å². The smallest absolute Gasteiger partial charge is 0.262 e. The predicted octanol–water partition coefficient (Wildman–Crippen LogP) is 2.35.